The summed E-state index contributed by atoms with van der Waals surface area (Å²) in [7, 11) is 4.24. The molecule has 0 fully saturated rings. The van der Waals surface area contributed by atoms with Crippen molar-refractivity contribution in [3.05, 3.63) is 63.5 Å². The number of halogens is 2. The lowest BCUT2D eigenvalue weighted by Crippen LogP contribution is -2.30. The average Bonchev–Trinajstić information content (AvgIpc) is 3.16. The molecule has 120 valence electrons. The molecule has 0 aliphatic rings. The van der Waals surface area contributed by atoms with Crippen LogP contribution < -0.4 is 4.57 Å². The van der Waals surface area contributed by atoms with Gasteiger partial charge in [-0.25, -0.2) is 9.13 Å². The third-order valence-corrected chi connectivity index (χ3v) is 6.65. The summed E-state index contributed by atoms with van der Waals surface area (Å²) in [4.78, 5) is 2.54. The maximum atomic E-state index is 3.69. The number of hydrogen-bond acceptors (Lipinski definition) is 1. The molecule has 4 rings (SSSR count). The molecule has 5 heteroatoms. The highest BCUT2D eigenvalue weighted by Crippen LogP contribution is 2.36. The highest BCUT2D eigenvalue weighted by Gasteiger charge is 2.26. The summed E-state index contributed by atoms with van der Waals surface area (Å²) in [6.45, 7) is 0. The molecule has 0 N–H and O–H groups in total. The number of nitrogens with zero attached hydrogens (tertiary/aromatic N) is 2. The standard InChI is InChI=1S/C19H15Br2N2S/c1-22-17-13(20)8-9-14(21)18(17)23(2)19(22)16-11-10-15(24-16)12-6-4-3-5-7-12/h3-11H,1-2H3/q+1. The van der Waals surface area contributed by atoms with E-state index in [-0.39, 0.29) is 0 Å². The lowest BCUT2D eigenvalue weighted by Gasteiger charge is -1.96. The molecule has 0 amide bonds. The fourth-order valence-electron chi connectivity index (χ4n) is 3.15. The number of aryl methyl sites for hydroxylation is 2. The Morgan fingerprint density at radius 3 is 2.25 bits per heavy atom. The van der Waals surface area contributed by atoms with Crippen molar-refractivity contribution in [3.8, 4) is 21.1 Å². The summed E-state index contributed by atoms with van der Waals surface area (Å²) in [6, 6.07) is 19.1. The van der Waals surface area contributed by atoms with Crippen LogP contribution in [-0.2, 0) is 14.1 Å². The van der Waals surface area contributed by atoms with Crippen LogP contribution in [0, 0.1) is 0 Å². The fraction of sp³-hybridized carbons (Fsp3) is 0.105. The Hall–Kier alpha value is -1.43. The van der Waals surface area contributed by atoms with Crippen LogP contribution in [0.2, 0.25) is 0 Å². The number of aromatic nitrogens is 2. The van der Waals surface area contributed by atoms with Gasteiger partial charge in [-0.3, -0.25) is 0 Å². The maximum Gasteiger partial charge on any atom is 0.299 e. The molecular weight excluding hydrogens is 448 g/mol. The summed E-state index contributed by atoms with van der Waals surface area (Å²) in [5.74, 6) is 1.20. The summed E-state index contributed by atoms with van der Waals surface area (Å²) in [6.07, 6.45) is 0. The van der Waals surface area contributed by atoms with Crippen LogP contribution in [-0.4, -0.2) is 4.57 Å². The van der Waals surface area contributed by atoms with Crippen molar-refractivity contribution in [1.82, 2.24) is 4.57 Å². The Morgan fingerprint density at radius 1 is 0.875 bits per heavy atom. The summed E-state index contributed by atoms with van der Waals surface area (Å²) < 4.78 is 6.71. The second-order valence-corrected chi connectivity index (χ2v) is 8.49. The molecule has 0 saturated heterocycles. The topological polar surface area (TPSA) is 8.81 Å². The van der Waals surface area contributed by atoms with Crippen molar-refractivity contribution in [3.63, 3.8) is 0 Å². The predicted octanol–water partition coefficient (Wildman–Crippen LogP) is 5.92. The third kappa shape index (κ3) is 2.46. The molecule has 0 aliphatic carbocycles. The van der Waals surface area contributed by atoms with E-state index in [2.05, 4.69) is 110 Å². The van der Waals surface area contributed by atoms with Crippen LogP contribution in [0.25, 0.3) is 32.2 Å². The monoisotopic (exact) mass is 461 g/mol. The lowest BCUT2D eigenvalue weighted by atomic mass is 10.2. The summed E-state index contributed by atoms with van der Waals surface area (Å²) in [5.41, 5.74) is 3.64. The first-order valence-corrected chi connectivity index (χ1v) is 9.96. The second kappa shape index (κ2) is 6.14. The second-order valence-electron chi connectivity index (χ2n) is 5.70. The zero-order chi connectivity index (χ0) is 16.8. The fourth-order valence-corrected chi connectivity index (χ4v) is 5.45. The van der Waals surface area contributed by atoms with Gasteiger partial charge in [0.1, 0.15) is 4.88 Å². The van der Waals surface area contributed by atoms with Crippen LogP contribution in [0.15, 0.2) is 63.5 Å². The van der Waals surface area contributed by atoms with Gasteiger partial charge in [0.2, 0.25) is 0 Å². The lowest BCUT2D eigenvalue weighted by molar-refractivity contribution is -0.634. The molecular formula is C19H15Br2N2S+. The van der Waals surface area contributed by atoms with E-state index in [1.807, 2.05) is 11.3 Å². The molecule has 0 atom stereocenters. The van der Waals surface area contributed by atoms with Crippen molar-refractivity contribution in [2.45, 2.75) is 0 Å². The zero-order valence-electron chi connectivity index (χ0n) is 13.3. The first-order chi connectivity index (χ1) is 11.6. The van der Waals surface area contributed by atoms with Gasteiger partial charge in [0.25, 0.3) is 5.82 Å². The zero-order valence-corrected chi connectivity index (χ0v) is 17.2. The Bertz CT molecular complexity index is 1000. The van der Waals surface area contributed by atoms with E-state index in [9.17, 15) is 0 Å². The van der Waals surface area contributed by atoms with Crippen LogP contribution in [0.4, 0.5) is 0 Å². The molecule has 4 aromatic rings. The van der Waals surface area contributed by atoms with Gasteiger partial charge in [0.15, 0.2) is 11.0 Å². The van der Waals surface area contributed by atoms with E-state index in [1.165, 1.54) is 32.2 Å². The molecule has 0 saturated carbocycles. The van der Waals surface area contributed by atoms with Crippen molar-refractivity contribution in [1.29, 1.82) is 0 Å². The number of hydrogen-bond donors (Lipinski definition) is 0. The van der Waals surface area contributed by atoms with E-state index >= 15 is 0 Å². The van der Waals surface area contributed by atoms with Crippen LogP contribution in [0.3, 0.4) is 0 Å². The number of thiophene rings is 1. The Kier molecular flexibility index (Phi) is 4.11. The largest absolute Gasteiger partial charge is 0.299 e. The van der Waals surface area contributed by atoms with E-state index in [0.717, 1.165) is 8.95 Å². The van der Waals surface area contributed by atoms with Crippen molar-refractivity contribution >= 4 is 54.2 Å². The van der Waals surface area contributed by atoms with Crippen LogP contribution in [0.1, 0.15) is 0 Å². The number of fused-ring (bicyclic) bond motifs is 1. The van der Waals surface area contributed by atoms with Crippen molar-refractivity contribution < 1.29 is 4.57 Å². The smallest absolute Gasteiger partial charge is 0.224 e. The van der Waals surface area contributed by atoms with Crippen LogP contribution >= 0.6 is 43.2 Å². The quantitative estimate of drug-likeness (QED) is 0.327. The molecule has 0 bridgehead atoms. The molecule has 2 aromatic carbocycles. The molecule has 2 nitrogen and oxygen atoms in total. The van der Waals surface area contributed by atoms with E-state index in [0.29, 0.717) is 0 Å². The minimum absolute atomic E-state index is 1.10. The molecule has 0 spiro atoms. The minimum atomic E-state index is 1.10. The van der Waals surface area contributed by atoms with E-state index < -0.39 is 0 Å². The highest BCUT2D eigenvalue weighted by molar-refractivity contribution is 9.11. The van der Waals surface area contributed by atoms with Crippen molar-refractivity contribution in [2.24, 2.45) is 14.1 Å². The van der Waals surface area contributed by atoms with Crippen LogP contribution in [0.5, 0.6) is 0 Å². The molecule has 24 heavy (non-hydrogen) atoms. The van der Waals surface area contributed by atoms with Gasteiger partial charge in [-0.15, -0.1) is 11.3 Å². The van der Waals surface area contributed by atoms with E-state index in [4.69, 9.17) is 0 Å². The molecule has 0 radical (unpaired) electrons. The van der Waals surface area contributed by atoms with Crippen molar-refractivity contribution in [2.75, 3.05) is 0 Å². The molecule has 2 aromatic heterocycles. The Labute approximate surface area is 161 Å². The molecule has 0 aliphatic heterocycles. The number of rotatable bonds is 2. The predicted molar refractivity (Wildman–Crippen MR) is 108 cm³/mol. The summed E-state index contributed by atoms with van der Waals surface area (Å²) >= 11 is 9.21. The van der Waals surface area contributed by atoms with Gasteiger partial charge in [-0.1, -0.05) is 30.3 Å². The number of imidazole rings is 1. The maximum absolute atomic E-state index is 3.69. The normalized spacial score (nSPS) is 11.3. The first kappa shape index (κ1) is 16.1. The summed E-state index contributed by atoms with van der Waals surface area (Å²) in [5, 5.41) is 0. The molecule has 0 unspecified atom stereocenters. The van der Waals surface area contributed by atoms with Gasteiger partial charge in [0.05, 0.1) is 23.0 Å². The molecule has 2 heterocycles. The van der Waals surface area contributed by atoms with Gasteiger partial charge in [-0.05, 0) is 61.7 Å². The highest BCUT2D eigenvalue weighted by atomic mass is 79.9. The third-order valence-electron chi connectivity index (χ3n) is 4.24. The Balaban J connectivity index is 1.94. The Morgan fingerprint density at radius 2 is 1.54 bits per heavy atom. The van der Waals surface area contributed by atoms with Gasteiger partial charge in [0, 0.05) is 4.88 Å². The SMILES string of the molecule is Cn1c(-c2ccc(-c3ccccc3)s2)[n+](C)c2c(Br)ccc(Br)c21. The van der Waals surface area contributed by atoms with Gasteiger partial charge < -0.3 is 0 Å². The first-order valence-electron chi connectivity index (χ1n) is 7.56. The van der Waals surface area contributed by atoms with Gasteiger partial charge in [-0.2, -0.15) is 0 Å². The minimum Gasteiger partial charge on any atom is -0.224 e. The van der Waals surface area contributed by atoms with E-state index in [1.54, 1.807) is 0 Å². The average molecular weight is 463 g/mol. The van der Waals surface area contributed by atoms with Gasteiger partial charge >= 0.3 is 0 Å². The number of benzene rings is 2.